The van der Waals surface area contributed by atoms with Gasteiger partial charge in [-0.2, -0.15) is 0 Å². The van der Waals surface area contributed by atoms with Crippen LogP contribution in [0.2, 0.25) is 0 Å². The molecule has 0 aromatic heterocycles. The number of thioether (sulfide) groups is 1. The van der Waals surface area contributed by atoms with Gasteiger partial charge >= 0.3 is 5.97 Å². The second kappa shape index (κ2) is 7.88. The number of rotatable bonds is 6. The molecular weight excluding hydrogens is 334 g/mol. The number of nitrogens with zero attached hydrogens (tertiary/aromatic N) is 1. The Morgan fingerprint density at radius 3 is 2.74 bits per heavy atom. The average Bonchev–Trinajstić information content (AvgIpc) is 2.89. The lowest BCUT2D eigenvalue weighted by Crippen LogP contribution is -2.47. The fourth-order valence-corrected chi connectivity index (χ4v) is 3.98. The number of methoxy groups -OCH3 is 1. The fraction of sp³-hybridized carbons (Fsp3) is 0.500. The topological polar surface area (TPSA) is 48.0 Å². The number of hydrogen-bond acceptors (Lipinski definition) is 6. The van der Waals surface area contributed by atoms with Gasteiger partial charge in [0, 0.05) is 19.2 Å². The molecule has 1 aromatic rings. The van der Waals surface area contributed by atoms with Crippen LogP contribution < -0.4 is 9.47 Å². The summed E-state index contributed by atoms with van der Waals surface area (Å²) < 4.78 is 16.5. The van der Waals surface area contributed by atoms with E-state index in [1.54, 1.807) is 25.8 Å². The zero-order chi connectivity index (χ0) is 16.9. The first kappa shape index (κ1) is 17.9. The molecule has 1 aliphatic heterocycles. The van der Waals surface area contributed by atoms with Gasteiger partial charge in [-0.25, -0.2) is 0 Å². The molecule has 5 nitrogen and oxygen atoms in total. The minimum atomic E-state index is -0.668. The van der Waals surface area contributed by atoms with Crippen molar-refractivity contribution < 1.29 is 19.0 Å². The van der Waals surface area contributed by atoms with E-state index in [2.05, 4.69) is 0 Å². The monoisotopic (exact) mass is 355 g/mol. The van der Waals surface area contributed by atoms with Crippen LogP contribution in [0.25, 0.3) is 0 Å². The van der Waals surface area contributed by atoms with Gasteiger partial charge in [-0.3, -0.25) is 4.79 Å². The van der Waals surface area contributed by atoms with Gasteiger partial charge in [0.2, 0.25) is 5.06 Å². The zero-order valence-corrected chi connectivity index (χ0v) is 15.2. The van der Waals surface area contributed by atoms with Crippen LogP contribution in [-0.2, 0) is 9.53 Å². The van der Waals surface area contributed by atoms with Gasteiger partial charge < -0.3 is 19.1 Å². The first-order chi connectivity index (χ1) is 11.0. The molecule has 0 saturated carbocycles. The van der Waals surface area contributed by atoms with Crippen molar-refractivity contribution in [2.45, 2.75) is 25.3 Å². The normalized spacial score (nSPS) is 20.2. The molecule has 0 aliphatic carbocycles. The molecule has 0 bridgehead atoms. The molecule has 2 rings (SSSR count). The minimum Gasteiger partial charge on any atom is -0.493 e. The van der Waals surface area contributed by atoms with Crippen molar-refractivity contribution >= 4 is 34.9 Å². The van der Waals surface area contributed by atoms with E-state index in [4.69, 9.17) is 26.4 Å². The first-order valence-electron chi connectivity index (χ1n) is 7.42. The van der Waals surface area contributed by atoms with E-state index in [0.717, 1.165) is 12.3 Å². The molecule has 1 aliphatic rings. The predicted octanol–water partition coefficient (Wildman–Crippen LogP) is 3.08. The minimum absolute atomic E-state index is 0.0919. The second-order valence-electron chi connectivity index (χ2n) is 5.03. The molecule has 126 valence electrons. The highest BCUT2D eigenvalue weighted by molar-refractivity contribution is 8.00. The highest BCUT2D eigenvalue weighted by atomic mass is 32.2. The van der Waals surface area contributed by atoms with Crippen LogP contribution in [0.3, 0.4) is 0 Å². The van der Waals surface area contributed by atoms with Crippen LogP contribution in [0.4, 0.5) is 0 Å². The summed E-state index contributed by atoms with van der Waals surface area (Å²) in [5, 5.41) is -0.668. The number of para-hydroxylation sites is 2. The molecular formula is C16H21NO4S2. The van der Waals surface area contributed by atoms with Crippen molar-refractivity contribution in [2.24, 2.45) is 0 Å². The molecule has 0 amide bonds. The maximum absolute atomic E-state index is 11.7. The number of ether oxygens (including phenoxy) is 3. The Balaban J connectivity index is 2.12. The van der Waals surface area contributed by atoms with Crippen LogP contribution in [-0.4, -0.2) is 46.9 Å². The number of carbonyl (C=O) groups is 1. The molecule has 1 heterocycles. The maximum Gasteiger partial charge on any atom is 0.312 e. The molecule has 0 spiro atoms. The summed E-state index contributed by atoms with van der Waals surface area (Å²) in [5.41, 5.74) is 0. The van der Waals surface area contributed by atoms with Gasteiger partial charge in [0.25, 0.3) is 0 Å². The Hall–Kier alpha value is -1.47. The lowest BCUT2D eigenvalue weighted by molar-refractivity contribution is -0.141. The third kappa shape index (κ3) is 4.29. The van der Waals surface area contributed by atoms with Crippen LogP contribution in [0.1, 0.15) is 20.3 Å². The molecule has 0 N–H and O–H groups in total. The van der Waals surface area contributed by atoms with Gasteiger partial charge in [0.1, 0.15) is 0 Å². The Bertz CT molecular complexity index is 581. The van der Waals surface area contributed by atoms with Crippen LogP contribution in [0.15, 0.2) is 24.3 Å². The van der Waals surface area contributed by atoms with Crippen molar-refractivity contribution in [3.05, 3.63) is 24.3 Å². The summed E-state index contributed by atoms with van der Waals surface area (Å²) in [5.74, 6) is 1.87. The van der Waals surface area contributed by atoms with Gasteiger partial charge in [0.05, 0.1) is 25.1 Å². The van der Waals surface area contributed by atoms with Crippen LogP contribution in [0, 0.1) is 0 Å². The zero-order valence-electron chi connectivity index (χ0n) is 13.5. The molecule has 7 heteroatoms. The van der Waals surface area contributed by atoms with Crippen molar-refractivity contribution in [3.63, 3.8) is 0 Å². The van der Waals surface area contributed by atoms with Gasteiger partial charge in [-0.1, -0.05) is 36.1 Å². The predicted molar refractivity (Wildman–Crippen MR) is 95.0 cm³/mol. The molecule has 1 fully saturated rings. The standard InChI is InChI=1S/C16H21NO4S2/c1-4-20-15(18)11-14(22)17-9-10-23-16(17,2)21-13-8-6-5-7-12(13)19-3/h5-8H,4,9-11H2,1-3H3. The molecule has 1 atom stereocenters. The molecule has 0 radical (unpaired) electrons. The summed E-state index contributed by atoms with van der Waals surface area (Å²) in [6, 6.07) is 7.48. The largest absolute Gasteiger partial charge is 0.493 e. The number of thiocarbonyl (C=S) groups is 1. The van der Waals surface area contributed by atoms with Gasteiger partial charge in [0.15, 0.2) is 11.5 Å². The number of esters is 1. The average molecular weight is 355 g/mol. The van der Waals surface area contributed by atoms with Gasteiger partial charge in [-0.15, -0.1) is 0 Å². The molecule has 23 heavy (non-hydrogen) atoms. The molecule has 1 aromatic carbocycles. The molecule has 1 saturated heterocycles. The van der Waals surface area contributed by atoms with Crippen LogP contribution >= 0.6 is 24.0 Å². The van der Waals surface area contributed by atoms with E-state index >= 15 is 0 Å². The summed E-state index contributed by atoms with van der Waals surface area (Å²) in [6.45, 7) is 4.82. The maximum atomic E-state index is 11.7. The van der Waals surface area contributed by atoms with Crippen molar-refractivity contribution in [1.82, 2.24) is 4.90 Å². The third-order valence-corrected chi connectivity index (χ3v) is 5.04. The van der Waals surface area contributed by atoms with Crippen LogP contribution in [0.5, 0.6) is 11.5 Å². The number of carbonyl (C=O) groups excluding carboxylic acids is 1. The smallest absolute Gasteiger partial charge is 0.312 e. The lowest BCUT2D eigenvalue weighted by atomic mass is 10.3. The first-order valence-corrected chi connectivity index (χ1v) is 8.81. The highest BCUT2D eigenvalue weighted by Gasteiger charge is 2.42. The Kier molecular flexibility index (Phi) is 6.12. The van der Waals surface area contributed by atoms with E-state index < -0.39 is 5.06 Å². The Morgan fingerprint density at radius 1 is 1.39 bits per heavy atom. The molecule has 1 unspecified atom stereocenters. The Labute approximate surface area is 146 Å². The van der Waals surface area contributed by atoms with E-state index in [-0.39, 0.29) is 12.4 Å². The quantitative estimate of drug-likeness (QED) is 0.574. The Morgan fingerprint density at radius 2 is 2.09 bits per heavy atom. The van der Waals surface area contributed by atoms with E-state index in [0.29, 0.717) is 23.1 Å². The fourth-order valence-electron chi connectivity index (χ4n) is 2.38. The summed E-state index contributed by atoms with van der Waals surface area (Å²) >= 11 is 7.08. The van der Waals surface area contributed by atoms with Crippen molar-refractivity contribution in [3.8, 4) is 11.5 Å². The van der Waals surface area contributed by atoms with E-state index in [1.165, 1.54) is 0 Å². The SMILES string of the molecule is CCOC(=O)CC(=S)N1CCSC1(C)Oc1ccccc1OC. The van der Waals surface area contributed by atoms with Crippen molar-refractivity contribution in [2.75, 3.05) is 26.0 Å². The van der Waals surface area contributed by atoms with E-state index in [9.17, 15) is 4.79 Å². The summed E-state index contributed by atoms with van der Waals surface area (Å²) in [4.78, 5) is 14.1. The van der Waals surface area contributed by atoms with Crippen molar-refractivity contribution in [1.29, 1.82) is 0 Å². The number of benzene rings is 1. The highest BCUT2D eigenvalue weighted by Crippen LogP contribution is 2.40. The number of hydrogen-bond donors (Lipinski definition) is 0. The lowest BCUT2D eigenvalue weighted by Gasteiger charge is -2.36. The van der Waals surface area contributed by atoms with Gasteiger partial charge in [-0.05, 0) is 19.1 Å². The summed E-state index contributed by atoms with van der Waals surface area (Å²) in [6.07, 6.45) is 0.0919. The third-order valence-electron chi connectivity index (χ3n) is 3.45. The summed E-state index contributed by atoms with van der Waals surface area (Å²) in [7, 11) is 1.61. The van der Waals surface area contributed by atoms with E-state index in [1.807, 2.05) is 36.1 Å². The second-order valence-corrected chi connectivity index (χ2v) is 6.95.